The summed E-state index contributed by atoms with van der Waals surface area (Å²) in [5, 5.41) is 3.48. The van der Waals surface area contributed by atoms with E-state index in [1.165, 1.54) is 7.11 Å². The maximum Gasteiger partial charge on any atom is 0.244 e. The van der Waals surface area contributed by atoms with Gasteiger partial charge in [0.05, 0.1) is 35.7 Å². The fraction of sp³-hybridized carbons (Fsp3) is 0.500. The molecule has 0 aliphatic carbocycles. The van der Waals surface area contributed by atoms with E-state index < -0.39 is 21.9 Å². The quantitative estimate of drug-likeness (QED) is 0.860. The van der Waals surface area contributed by atoms with Gasteiger partial charge in [-0.3, -0.25) is 4.79 Å². The summed E-state index contributed by atoms with van der Waals surface area (Å²) in [7, 11) is -1.64. The van der Waals surface area contributed by atoms with Crippen molar-refractivity contribution in [3.63, 3.8) is 0 Å². The van der Waals surface area contributed by atoms with Gasteiger partial charge in [-0.05, 0) is 25.1 Å². The molecule has 2 fully saturated rings. The number of ether oxygens (including phenoxy) is 1. The fourth-order valence-electron chi connectivity index (χ4n) is 3.13. The molecule has 2 saturated heterocycles. The van der Waals surface area contributed by atoms with Gasteiger partial charge in [0.1, 0.15) is 5.75 Å². The van der Waals surface area contributed by atoms with Gasteiger partial charge in [0.2, 0.25) is 5.91 Å². The van der Waals surface area contributed by atoms with E-state index in [-0.39, 0.29) is 23.5 Å². The van der Waals surface area contributed by atoms with Gasteiger partial charge >= 0.3 is 0 Å². The van der Waals surface area contributed by atoms with Crippen LogP contribution < -0.4 is 15.0 Å². The van der Waals surface area contributed by atoms with E-state index in [2.05, 4.69) is 5.32 Å². The van der Waals surface area contributed by atoms with Crippen LogP contribution in [0.4, 0.5) is 5.69 Å². The smallest absolute Gasteiger partial charge is 0.244 e. The van der Waals surface area contributed by atoms with Crippen molar-refractivity contribution in [1.82, 2.24) is 5.32 Å². The Morgan fingerprint density at radius 2 is 2.09 bits per heavy atom. The number of hydrogen-bond donors (Lipinski definition) is 1. The van der Waals surface area contributed by atoms with E-state index in [1.807, 2.05) is 0 Å². The van der Waals surface area contributed by atoms with E-state index in [9.17, 15) is 13.2 Å². The Hall–Kier alpha value is -1.31. The van der Waals surface area contributed by atoms with Crippen molar-refractivity contribution in [2.45, 2.75) is 25.0 Å². The van der Waals surface area contributed by atoms with E-state index in [4.69, 9.17) is 16.3 Å². The molecule has 8 heteroatoms. The first-order valence-corrected chi connectivity index (χ1v) is 9.15. The van der Waals surface area contributed by atoms with Gasteiger partial charge in [-0.1, -0.05) is 11.6 Å². The maximum absolute atomic E-state index is 12.5. The summed E-state index contributed by atoms with van der Waals surface area (Å²) in [6.45, 7) is 1.74. The van der Waals surface area contributed by atoms with Gasteiger partial charge < -0.3 is 15.0 Å². The monoisotopic (exact) mass is 344 g/mol. The molecule has 120 valence electrons. The number of hydrogen-bond acceptors (Lipinski definition) is 5. The van der Waals surface area contributed by atoms with Crippen molar-refractivity contribution in [2.75, 3.05) is 23.5 Å². The van der Waals surface area contributed by atoms with E-state index in [1.54, 1.807) is 30.0 Å². The van der Waals surface area contributed by atoms with Crippen molar-refractivity contribution in [3.8, 4) is 5.75 Å². The molecule has 0 saturated carbocycles. The Morgan fingerprint density at radius 1 is 1.36 bits per heavy atom. The number of sulfone groups is 1. The lowest BCUT2D eigenvalue weighted by molar-refractivity contribution is -0.122. The molecule has 0 unspecified atom stereocenters. The van der Waals surface area contributed by atoms with Gasteiger partial charge in [0, 0.05) is 11.7 Å². The van der Waals surface area contributed by atoms with Gasteiger partial charge in [0.25, 0.3) is 0 Å². The molecule has 0 aromatic heterocycles. The van der Waals surface area contributed by atoms with Crippen LogP contribution in [0.15, 0.2) is 18.2 Å². The van der Waals surface area contributed by atoms with Crippen LogP contribution >= 0.6 is 11.6 Å². The number of amides is 1. The highest BCUT2D eigenvalue weighted by Gasteiger charge is 2.48. The molecule has 1 aromatic carbocycles. The third kappa shape index (κ3) is 2.57. The van der Waals surface area contributed by atoms with Crippen LogP contribution in [0.25, 0.3) is 0 Å². The number of benzene rings is 1. The van der Waals surface area contributed by atoms with Crippen LogP contribution in [-0.2, 0) is 14.6 Å². The van der Waals surface area contributed by atoms with Crippen LogP contribution in [0, 0.1) is 0 Å². The van der Waals surface area contributed by atoms with Gasteiger partial charge in [-0.15, -0.1) is 0 Å². The zero-order valence-corrected chi connectivity index (χ0v) is 13.8. The van der Waals surface area contributed by atoms with Crippen molar-refractivity contribution >= 4 is 33.0 Å². The number of rotatable bonds is 2. The number of methoxy groups -OCH3 is 1. The predicted molar refractivity (Wildman–Crippen MR) is 84.3 cm³/mol. The second-order valence-electron chi connectivity index (χ2n) is 5.67. The zero-order chi connectivity index (χ0) is 16.1. The molecule has 6 nitrogen and oxygen atoms in total. The lowest BCUT2D eigenvalue weighted by Crippen LogP contribution is -2.64. The summed E-state index contributed by atoms with van der Waals surface area (Å²) < 4.78 is 29.0. The standard InChI is InChI=1S/C14H17ClN2O4S/c1-8-14(18)17(9-3-4-13(21-2)10(15)5-9)12-7-22(19,20)6-11(12)16-8/h3-5,8,11-12,16H,6-7H2,1-2H3/t8-,11+,12-/m0/s1. The summed E-state index contributed by atoms with van der Waals surface area (Å²) in [5.74, 6) is 0.374. The molecule has 3 atom stereocenters. The highest BCUT2D eigenvalue weighted by atomic mass is 35.5. The summed E-state index contributed by atoms with van der Waals surface area (Å²) in [6, 6.07) is 3.95. The Balaban J connectivity index is 2.02. The van der Waals surface area contributed by atoms with Crippen LogP contribution in [0.5, 0.6) is 5.75 Å². The molecule has 0 radical (unpaired) electrons. The SMILES string of the molecule is COc1ccc(N2C(=O)[C@H](C)N[C@@H]3CS(=O)(=O)C[C@@H]32)cc1Cl. The first kappa shape index (κ1) is 15.6. The average Bonchev–Trinajstić information content (AvgIpc) is 2.73. The zero-order valence-electron chi connectivity index (χ0n) is 12.2. The van der Waals surface area contributed by atoms with Crippen LogP contribution in [-0.4, -0.2) is 51.1 Å². The lowest BCUT2D eigenvalue weighted by Gasteiger charge is -2.40. The van der Waals surface area contributed by atoms with E-state index in [0.717, 1.165) is 0 Å². The summed E-state index contributed by atoms with van der Waals surface area (Å²) >= 11 is 6.13. The third-order valence-electron chi connectivity index (χ3n) is 4.14. The minimum Gasteiger partial charge on any atom is -0.495 e. The Morgan fingerprint density at radius 3 is 2.73 bits per heavy atom. The molecule has 2 aliphatic rings. The van der Waals surface area contributed by atoms with Gasteiger partial charge in [-0.2, -0.15) is 0 Å². The average molecular weight is 345 g/mol. The van der Waals surface area contributed by atoms with Crippen LogP contribution in [0.3, 0.4) is 0 Å². The second kappa shape index (κ2) is 5.40. The highest BCUT2D eigenvalue weighted by Crippen LogP contribution is 2.34. The predicted octanol–water partition coefficient (Wildman–Crippen LogP) is 0.839. The lowest BCUT2D eigenvalue weighted by atomic mass is 10.0. The van der Waals surface area contributed by atoms with Crippen LogP contribution in [0.2, 0.25) is 5.02 Å². The van der Waals surface area contributed by atoms with Gasteiger partial charge in [-0.25, -0.2) is 8.42 Å². The summed E-state index contributed by atoms with van der Waals surface area (Å²) in [5.41, 5.74) is 0.594. The van der Waals surface area contributed by atoms with Crippen molar-refractivity contribution < 1.29 is 17.9 Å². The molecule has 2 aliphatic heterocycles. The molecule has 1 N–H and O–H groups in total. The van der Waals surface area contributed by atoms with Crippen molar-refractivity contribution in [2.24, 2.45) is 0 Å². The minimum absolute atomic E-state index is 0.0349. The van der Waals surface area contributed by atoms with E-state index >= 15 is 0 Å². The number of carbonyl (C=O) groups excluding carboxylic acids is 1. The normalized spacial score (nSPS) is 30.2. The molecular formula is C14H17ClN2O4S. The van der Waals surface area contributed by atoms with E-state index in [0.29, 0.717) is 16.5 Å². The third-order valence-corrected chi connectivity index (χ3v) is 6.15. The van der Waals surface area contributed by atoms with Crippen molar-refractivity contribution in [3.05, 3.63) is 23.2 Å². The summed E-state index contributed by atoms with van der Waals surface area (Å²) in [6.07, 6.45) is 0. The first-order valence-electron chi connectivity index (χ1n) is 6.95. The number of anilines is 1. The number of piperazine rings is 1. The molecule has 22 heavy (non-hydrogen) atoms. The highest BCUT2D eigenvalue weighted by molar-refractivity contribution is 7.91. The topological polar surface area (TPSA) is 75.7 Å². The Kier molecular flexibility index (Phi) is 3.82. The van der Waals surface area contributed by atoms with Crippen LogP contribution in [0.1, 0.15) is 6.92 Å². The Bertz CT molecular complexity index is 722. The number of fused-ring (bicyclic) bond motifs is 1. The molecular weight excluding hydrogens is 328 g/mol. The minimum atomic E-state index is -3.15. The number of halogens is 1. The summed E-state index contributed by atoms with van der Waals surface area (Å²) in [4.78, 5) is 14.1. The van der Waals surface area contributed by atoms with Crippen molar-refractivity contribution in [1.29, 1.82) is 0 Å². The maximum atomic E-state index is 12.5. The molecule has 1 aromatic rings. The molecule has 0 bridgehead atoms. The Labute approximate surface area is 134 Å². The number of nitrogens with one attached hydrogen (secondary N) is 1. The van der Waals surface area contributed by atoms with Gasteiger partial charge in [0.15, 0.2) is 9.84 Å². The number of carbonyl (C=O) groups is 1. The second-order valence-corrected chi connectivity index (χ2v) is 8.23. The molecule has 1 amide bonds. The fourth-order valence-corrected chi connectivity index (χ4v) is 5.29. The molecule has 3 rings (SSSR count). The molecule has 0 spiro atoms. The largest absolute Gasteiger partial charge is 0.495 e. The molecule has 2 heterocycles. The first-order chi connectivity index (χ1) is 10.3. The number of nitrogens with zero attached hydrogens (tertiary/aromatic N) is 1.